The van der Waals surface area contributed by atoms with E-state index in [1.165, 1.54) is 0 Å². The molecule has 0 amide bonds. The Bertz CT molecular complexity index is 584. The van der Waals surface area contributed by atoms with Gasteiger partial charge in [-0.05, 0) is 45.2 Å². The summed E-state index contributed by atoms with van der Waals surface area (Å²) in [7, 11) is -1.35. The molecule has 1 aromatic rings. The van der Waals surface area contributed by atoms with E-state index in [1.807, 2.05) is 38.1 Å². The Morgan fingerprint density at radius 2 is 2.00 bits per heavy atom. The van der Waals surface area contributed by atoms with Gasteiger partial charge >= 0.3 is 5.97 Å². The molecule has 1 fully saturated rings. The first-order valence-electron chi connectivity index (χ1n) is 8.80. The minimum absolute atomic E-state index is 0.289. The third-order valence-electron chi connectivity index (χ3n) is 4.95. The smallest absolute Gasteiger partial charge is 0.311 e. The molecule has 1 unspecified atom stereocenters. The molecule has 0 saturated heterocycles. The van der Waals surface area contributed by atoms with Crippen LogP contribution in [0.1, 0.15) is 51.5 Å². The molecular weight excluding hydrogens is 324 g/mol. The second-order valence-corrected chi connectivity index (χ2v) is 8.18. The van der Waals surface area contributed by atoms with Gasteiger partial charge in [-0.15, -0.1) is 0 Å². The van der Waals surface area contributed by atoms with Crippen LogP contribution in [-0.2, 0) is 20.3 Å². The number of hydrogen-bond acceptors (Lipinski definition) is 4. The van der Waals surface area contributed by atoms with Crippen LogP contribution in [0.3, 0.4) is 0 Å². The minimum atomic E-state index is -1.35. The minimum Gasteiger partial charge on any atom is -0.466 e. The molecule has 1 N–H and O–H groups in total. The lowest BCUT2D eigenvalue weighted by molar-refractivity contribution is -0.160. The normalized spacial score (nSPS) is 26.6. The van der Waals surface area contributed by atoms with E-state index in [0.29, 0.717) is 24.2 Å². The molecular formula is C19H28O4S. The summed E-state index contributed by atoms with van der Waals surface area (Å²) < 4.78 is 18.3. The SMILES string of the molecule is CCOC(=O)[C@@H](CC)[C@@]1(O)CCCC[C@@H]1S(=O)c1ccc(C)cc1. The maximum Gasteiger partial charge on any atom is 0.311 e. The molecule has 4 nitrogen and oxygen atoms in total. The number of aryl methyl sites for hydroxylation is 1. The summed E-state index contributed by atoms with van der Waals surface area (Å²) in [5.74, 6) is -1.01. The zero-order valence-corrected chi connectivity index (χ0v) is 15.6. The molecule has 5 heteroatoms. The van der Waals surface area contributed by atoms with Crippen LogP contribution in [0.4, 0.5) is 0 Å². The number of carbonyl (C=O) groups is 1. The number of carbonyl (C=O) groups excluding carboxylic acids is 1. The van der Waals surface area contributed by atoms with Crippen molar-refractivity contribution < 1.29 is 18.8 Å². The summed E-state index contributed by atoms with van der Waals surface area (Å²) in [6, 6.07) is 7.56. The molecule has 0 spiro atoms. The fraction of sp³-hybridized carbons (Fsp3) is 0.632. The summed E-state index contributed by atoms with van der Waals surface area (Å²) >= 11 is 0. The van der Waals surface area contributed by atoms with Crippen molar-refractivity contribution in [1.29, 1.82) is 0 Å². The number of ether oxygens (including phenoxy) is 1. The van der Waals surface area contributed by atoms with Crippen molar-refractivity contribution in [3.05, 3.63) is 29.8 Å². The molecule has 1 saturated carbocycles. The molecule has 1 aliphatic carbocycles. The summed E-state index contributed by atoms with van der Waals surface area (Å²) in [4.78, 5) is 13.1. The van der Waals surface area contributed by atoms with E-state index in [9.17, 15) is 14.1 Å². The number of hydrogen-bond donors (Lipinski definition) is 1. The van der Waals surface area contributed by atoms with Gasteiger partial charge in [-0.25, -0.2) is 0 Å². The molecule has 1 aliphatic rings. The lowest BCUT2D eigenvalue weighted by Gasteiger charge is -2.43. The molecule has 134 valence electrons. The van der Waals surface area contributed by atoms with Gasteiger partial charge in [-0.3, -0.25) is 9.00 Å². The third kappa shape index (κ3) is 3.89. The Labute approximate surface area is 147 Å². The van der Waals surface area contributed by atoms with Crippen molar-refractivity contribution in [2.24, 2.45) is 5.92 Å². The first-order valence-corrected chi connectivity index (χ1v) is 10.0. The van der Waals surface area contributed by atoms with Gasteiger partial charge < -0.3 is 9.84 Å². The van der Waals surface area contributed by atoms with E-state index in [4.69, 9.17) is 4.74 Å². The molecule has 24 heavy (non-hydrogen) atoms. The second-order valence-electron chi connectivity index (χ2n) is 6.55. The molecule has 0 aromatic heterocycles. The highest BCUT2D eigenvalue weighted by Crippen LogP contribution is 2.41. The van der Waals surface area contributed by atoms with Crippen LogP contribution < -0.4 is 0 Å². The maximum atomic E-state index is 13.1. The van der Waals surface area contributed by atoms with Crippen molar-refractivity contribution in [1.82, 2.24) is 0 Å². The van der Waals surface area contributed by atoms with Crippen molar-refractivity contribution in [2.45, 2.75) is 68.6 Å². The zero-order chi connectivity index (χ0) is 17.7. The highest BCUT2D eigenvalue weighted by atomic mass is 32.2. The fourth-order valence-electron chi connectivity index (χ4n) is 3.64. The predicted molar refractivity (Wildman–Crippen MR) is 95.2 cm³/mol. The molecule has 2 rings (SSSR count). The summed E-state index contributed by atoms with van der Waals surface area (Å²) in [6.07, 6.45) is 3.40. The van der Waals surface area contributed by atoms with E-state index < -0.39 is 27.6 Å². The van der Waals surface area contributed by atoms with Gasteiger partial charge in [0.15, 0.2) is 0 Å². The fourth-order valence-corrected chi connectivity index (χ4v) is 5.41. The molecule has 0 heterocycles. The Kier molecular flexibility index (Phi) is 6.58. The number of esters is 1. The standard InChI is InChI=1S/C19H28O4S/c1-4-16(18(20)23-5-2)19(21)13-7-6-8-17(19)24(22)15-11-9-14(3)10-12-15/h9-12,16-17,21H,4-8,13H2,1-3H3/t16-,17+,19+,24?/m1/s1. The van der Waals surface area contributed by atoms with Crippen LogP contribution in [0, 0.1) is 12.8 Å². The van der Waals surface area contributed by atoms with Gasteiger partial charge in [0, 0.05) is 4.90 Å². The van der Waals surface area contributed by atoms with Crippen molar-refractivity contribution in [2.75, 3.05) is 6.61 Å². The van der Waals surface area contributed by atoms with Crippen LogP contribution in [0.5, 0.6) is 0 Å². The summed E-state index contributed by atoms with van der Waals surface area (Å²) in [5.41, 5.74) is -0.165. The molecule has 1 aromatic carbocycles. The van der Waals surface area contributed by atoms with Crippen molar-refractivity contribution in [3.8, 4) is 0 Å². The van der Waals surface area contributed by atoms with Crippen LogP contribution >= 0.6 is 0 Å². The molecule has 0 radical (unpaired) electrons. The monoisotopic (exact) mass is 352 g/mol. The van der Waals surface area contributed by atoms with Gasteiger partial charge in [0.2, 0.25) is 0 Å². The number of rotatable bonds is 6. The van der Waals surface area contributed by atoms with Gasteiger partial charge in [0.1, 0.15) is 0 Å². The zero-order valence-electron chi connectivity index (χ0n) is 14.8. The van der Waals surface area contributed by atoms with E-state index in [-0.39, 0.29) is 12.6 Å². The van der Waals surface area contributed by atoms with Crippen molar-refractivity contribution in [3.63, 3.8) is 0 Å². The van der Waals surface area contributed by atoms with Crippen LogP contribution in [0.15, 0.2) is 29.2 Å². The first kappa shape index (κ1) is 19.1. The van der Waals surface area contributed by atoms with E-state index in [2.05, 4.69) is 0 Å². The maximum absolute atomic E-state index is 13.1. The average Bonchev–Trinajstić information content (AvgIpc) is 2.56. The van der Waals surface area contributed by atoms with Gasteiger partial charge in [-0.2, -0.15) is 0 Å². The second kappa shape index (κ2) is 8.26. The molecule has 0 aliphatic heterocycles. The van der Waals surface area contributed by atoms with Crippen LogP contribution in [0.2, 0.25) is 0 Å². The quantitative estimate of drug-likeness (QED) is 0.797. The Balaban J connectivity index is 2.32. The van der Waals surface area contributed by atoms with Gasteiger partial charge in [0.25, 0.3) is 0 Å². The highest BCUT2D eigenvalue weighted by molar-refractivity contribution is 7.85. The highest BCUT2D eigenvalue weighted by Gasteiger charge is 2.50. The first-order chi connectivity index (χ1) is 11.4. The Hall–Kier alpha value is -1.20. The lowest BCUT2D eigenvalue weighted by Crippen LogP contribution is -2.55. The van der Waals surface area contributed by atoms with Crippen molar-refractivity contribution >= 4 is 16.8 Å². The van der Waals surface area contributed by atoms with E-state index in [0.717, 1.165) is 18.4 Å². The topological polar surface area (TPSA) is 63.6 Å². The van der Waals surface area contributed by atoms with Gasteiger partial charge in [0.05, 0.1) is 34.2 Å². The Morgan fingerprint density at radius 3 is 2.58 bits per heavy atom. The summed E-state index contributed by atoms with van der Waals surface area (Å²) in [5, 5.41) is 10.9. The van der Waals surface area contributed by atoms with Gasteiger partial charge in [-0.1, -0.05) is 37.5 Å². The van der Waals surface area contributed by atoms with E-state index in [1.54, 1.807) is 6.92 Å². The predicted octanol–water partition coefficient (Wildman–Crippen LogP) is 3.37. The van der Waals surface area contributed by atoms with Crippen LogP contribution in [-0.4, -0.2) is 32.7 Å². The third-order valence-corrected chi connectivity index (χ3v) is 6.84. The van der Waals surface area contributed by atoms with Crippen LogP contribution in [0.25, 0.3) is 0 Å². The molecule has 0 bridgehead atoms. The molecule has 4 atom stereocenters. The average molecular weight is 352 g/mol. The largest absolute Gasteiger partial charge is 0.466 e. The van der Waals surface area contributed by atoms with E-state index >= 15 is 0 Å². The Morgan fingerprint density at radius 1 is 1.33 bits per heavy atom. The summed E-state index contributed by atoms with van der Waals surface area (Å²) in [6.45, 7) is 5.91. The lowest BCUT2D eigenvalue weighted by atomic mass is 9.74. The number of aliphatic hydroxyl groups is 1. The number of benzene rings is 1.